The van der Waals surface area contributed by atoms with E-state index < -0.39 is 0 Å². The molecule has 1 atom stereocenters. The molecule has 1 aliphatic rings. The molecule has 0 bridgehead atoms. The van der Waals surface area contributed by atoms with Gasteiger partial charge in [-0.15, -0.1) is 0 Å². The Kier molecular flexibility index (Phi) is 4.60. The molecule has 0 aromatic heterocycles. The van der Waals surface area contributed by atoms with Crippen LogP contribution in [0.1, 0.15) is 30.0 Å². The lowest BCUT2D eigenvalue weighted by Gasteiger charge is -2.25. The van der Waals surface area contributed by atoms with E-state index in [-0.39, 0.29) is 17.8 Å². The zero-order chi connectivity index (χ0) is 16.2. The van der Waals surface area contributed by atoms with Crippen molar-refractivity contribution in [2.75, 3.05) is 13.7 Å². The molecule has 0 N–H and O–H groups in total. The van der Waals surface area contributed by atoms with Gasteiger partial charge in [0, 0.05) is 6.54 Å². The summed E-state index contributed by atoms with van der Waals surface area (Å²) in [6, 6.07) is 14.2. The Hall–Kier alpha value is -2.36. The molecule has 0 unspecified atom stereocenters. The molecule has 1 aliphatic heterocycles. The lowest BCUT2D eigenvalue weighted by molar-refractivity contribution is -0.131. The highest BCUT2D eigenvalue weighted by Crippen LogP contribution is 2.33. The van der Waals surface area contributed by atoms with Gasteiger partial charge in [-0.05, 0) is 48.2 Å². The number of hydrogen-bond acceptors (Lipinski definition) is 2. The van der Waals surface area contributed by atoms with E-state index in [1.54, 1.807) is 19.2 Å². The second kappa shape index (κ2) is 6.82. The molecule has 1 amide bonds. The Labute approximate surface area is 135 Å². The van der Waals surface area contributed by atoms with Gasteiger partial charge in [0.25, 0.3) is 0 Å². The van der Waals surface area contributed by atoms with E-state index in [2.05, 4.69) is 0 Å². The van der Waals surface area contributed by atoms with Crippen molar-refractivity contribution < 1.29 is 13.9 Å². The van der Waals surface area contributed by atoms with Crippen LogP contribution in [-0.2, 0) is 11.2 Å². The molecular weight excluding hydrogens is 293 g/mol. The monoisotopic (exact) mass is 313 g/mol. The van der Waals surface area contributed by atoms with Gasteiger partial charge in [0.1, 0.15) is 11.6 Å². The van der Waals surface area contributed by atoms with Crippen molar-refractivity contribution in [3.05, 3.63) is 65.5 Å². The summed E-state index contributed by atoms with van der Waals surface area (Å²) in [5, 5.41) is 0. The third-order valence-electron chi connectivity index (χ3n) is 4.34. The van der Waals surface area contributed by atoms with Crippen LogP contribution in [0, 0.1) is 5.82 Å². The highest BCUT2D eigenvalue weighted by atomic mass is 19.1. The Morgan fingerprint density at radius 3 is 2.52 bits per heavy atom. The zero-order valence-corrected chi connectivity index (χ0v) is 13.2. The molecule has 0 spiro atoms. The van der Waals surface area contributed by atoms with Crippen molar-refractivity contribution in [1.29, 1.82) is 0 Å². The predicted octanol–water partition coefficient (Wildman–Crippen LogP) is 3.74. The fourth-order valence-corrected chi connectivity index (χ4v) is 3.12. The van der Waals surface area contributed by atoms with Crippen LogP contribution in [0.5, 0.6) is 5.75 Å². The number of likely N-dealkylation sites (tertiary alicyclic amines) is 1. The Morgan fingerprint density at radius 2 is 1.87 bits per heavy atom. The molecule has 4 heteroatoms. The van der Waals surface area contributed by atoms with Gasteiger partial charge in [0.15, 0.2) is 0 Å². The van der Waals surface area contributed by atoms with E-state index in [9.17, 15) is 9.18 Å². The fourth-order valence-electron chi connectivity index (χ4n) is 3.12. The number of carbonyl (C=O) groups is 1. The summed E-state index contributed by atoms with van der Waals surface area (Å²) in [7, 11) is 1.64. The molecule has 3 nitrogen and oxygen atoms in total. The van der Waals surface area contributed by atoms with E-state index in [0.717, 1.165) is 36.3 Å². The van der Waals surface area contributed by atoms with Gasteiger partial charge in [0.05, 0.1) is 19.6 Å². The van der Waals surface area contributed by atoms with Crippen molar-refractivity contribution in [3.63, 3.8) is 0 Å². The first kappa shape index (κ1) is 15.5. The number of carbonyl (C=O) groups excluding carboxylic acids is 1. The summed E-state index contributed by atoms with van der Waals surface area (Å²) in [4.78, 5) is 14.5. The van der Waals surface area contributed by atoms with Crippen molar-refractivity contribution in [1.82, 2.24) is 4.90 Å². The topological polar surface area (TPSA) is 29.5 Å². The summed E-state index contributed by atoms with van der Waals surface area (Å²) >= 11 is 0. The minimum Gasteiger partial charge on any atom is -0.497 e. The smallest absolute Gasteiger partial charge is 0.227 e. The molecule has 120 valence electrons. The second-order valence-corrected chi connectivity index (χ2v) is 5.82. The third-order valence-corrected chi connectivity index (χ3v) is 4.34. The van der Waals surface area contributed by atoms with Crippen LogP contribution < -0.4 is 4.74 Å². The molecule has 2 aromatic carbocycles. The van der Waals surface area contributed by atoms with Gasteiger partial charge in [-0.3, -0.25) is 4.79 Å². The van der Waals surface area contributed by atoms with Gasteiger partial charge in [-0.25, -0.2) is 4.39 Å². The van der Waals surface area contributed by atoms with E-state index in [1.165, 1.54) is 12.1 Å². The number of benzene rings is 2. The highest BCUT2D eigenvalue weighted by Gasteiger charge is 2.29. The summed E-state index contributed by atoms with van der Waals surface area (Å²) in [5.41, 5.74) is 1.98. The SMILES string of the molecule is COc1ccc([C@H]2CCCN2C(=O)Cc2ccc(F)cc2)cc1. The summed E-state index contributed by atoms with van der Waals surface area (Å²) in [5.74, 6) is 0.629. The van der Waals surface area contributed by atoms with Crippen LogP contribution in [0.3, 0.4) is 0 Å². The quantitative estimate of drug-likeness (QED) is 0.860. The molecule has 2 aromatic rings. The summed E-state index contributed by atoms with van der Waals surface area (Å²) in [6.07, 6.45) is 2.29. The summed E-state index contributed by atoms with van der Waals surface area (Å²) < 4.78 is 18.1. The Bertz CT molecular complexity index is 667. The number of halogens is 1. The largest absolute Gasteiger partial charge is 0.497 e. The molecule has 3 rings (SSSR count). The maximum Gasteiger partial charge on any atom is 0.227 e. The summed E-state index contributed by atoms with van der Waals surface area (Å²) in [6.45, 7) is 0.775. The molecule has 1 saturated heterocycles. The number of methoxy groups -OCH3 is 1. The van der Waals surface area contributed by atoms with Crippen molar-refractivity contribution >= 4 is 5.91 Å². The first-order valence-electron chi connectivity index (χ1n) is 7.85. The predicted molar refractivity (Wildman–Crippen MR) is 86.8 cm³/mol. The number of ether oxygens (including phenoxy) is 1. The highest BCUT2D eigenvalue weighted by molar-refractivity contribution is 5.79. The van der Waals surface area contributed by atoms with Gasteiger partial charge >= 0.3 is 0 Å². The molecule has 0 radical (unpaired) electrons. The van der Waals surface area contributed by atoms with Crippen molar-refractivity contribution in [2.45, 2.75) is 25.3 Å². The van der Waals surface area contributed by atoms with E-state index in [4.69, 9.17) is 4.74 Å². The minimum absolute atomic E-state index is 0.0925. The molecule has 23 heavy (non-hydrogen) atoms. The van der Waals surface area contributed by atoms with Crippen LogP contribution >= 0.6 is 0 Å². The average molecular weight is 313 g/mol. The maximum atomic E-state index is 13.0. The first-order valence-corrected chi connectivity index (χ1v) is 7.85. The number of rotatable bonds is 4. The van der Waals surface area contributed by atoms with E-state index in [1.807, 2.05) is 29.2 Å². The van der Waals surface area contributed by atoms with Crippen LogP contribution in [-0.4, -0.2) is 24.5 Å². The molecule has 1 heterocycles. The first-order chi connectivity index (χ1) is 11.2. The number of amides is 1. The van der Waals surface area contributed by atoms with Crippen molar-refractivity contribution in [3.8, 4) is 5.75 Å². The van der Waals surface area contributed by atoms with Gasteiger partial charge in [-0.1, -0.05) is 24.3 Å². The average Bonchev–Trinajstić information content (AvgIpc) is 3.07. The Balaban J connectivity index is 1.72. The molecule has 0 saturated carbocycles. The van der Waals surface area contributed by atoms with Crippen molar-refractivity contribution in [2.24, 2.45) is 0 Å². The van der Waals surface area contributed by atoms with E-state index in [0.29, 0.717) is 6.42 Å². The zero-order valence-electron chi connectivity index (χ0n) is 13.2. The van der Waals surface area contributed by atoms with E-state index >= 15 is 0 Å². The maximum absolute atomic E-state index is 13.0. The van der Waals surface area contributed by atoms with Crippen LogP contribution in [0.25, 0.3) is 0 Å². The molecular formula is C19H20FNO2. The molecule has 1 fully saturated rings. The Morgan fingerprint density at radius 1 is 1.17 bits per heavy atom. The lowest BCUT2D eigenvalue weighted by Crippen LogP contribution is -2.31. The van der Waals surface area contributed by atoms with Crippen LogP contribution in [0.15, 0.2) is 48.5 Å². The normalized spacial score (nSPS) is 17.3. The molecule has 0 aliphatic carbocycles. The number of nitrogens with zero attached hydrogens (tertiary/aromatic N) is 1. The second-order valence-electron chi connectivity index (χ2n) is 5.82. The van der Waals surface area contributed by atoms with Gasteiger partial charge in [-0.2, -0.15) is 0 Å². The third kappa shape index (κ3) is 3.52. The number of hydrogen-bond donors (Lipinski definition) is 0. The van der Waals surface area contributed by atoms with Gasteiger partial charge < -0.3 is 9.64 Å². The minimum atomic E-state index is -0.279. The van der Waals surface area contributed by atoms with Crippen LogP contribution in [0.2, 0.25) is 0 Å². The van der Waals surface area contributed by atoms with Gasteiger partial charge in [0.2, 0.25) is 5.91 Å². The fraction of sp³-hybridized carbons (Fsp3) is 0.316. The lowest BCUT2D eigenvalue weighted by atomic mass is 10.0. The van der Waals surface area contributed by atoms with Crippen LogP contribution in [0.4, 0.5) is 4.39 Å². The standard InChI is InChI=1S/C19H20FNO2/c1-23-17-10-6-15(7-11-17)18-3-2-12-21(18)19(22)13-14-4-8-16(20)9-5-14/h4-11,18H,2-3,12-13H2,1H3/t18-/m1/s1.